The van der Waals surface area contributed by atoms with Crippen molar-refractivity contribution in [1.82, 2.24) is 4.98 Å². The third kappa shape index (κ3) is 3.67. The predicted molar refractivity (Wildman–Crippen MR) is 79.3 cm³/mol. The predicted octanol–water partition coefficient (Wildman–Crippen LogP) is 1.95. The highest BCUT2D eigenvalue weighted by Crippen LogP contribution is 2.09. The summed E-state index contributed by atoms with van der Waals surface area (Å²) in [6.07, 6.45) is 1.63. The number of hydrogen-bond acceptors (Lipinski definition) is 3. The molecule has 1 aromatic heterocycles. The number of aromatic nitrogens is 1. The lowest BCUT2D eigenvalue weighted by Crippen LogP contribution is -2.11. The van der Waals surface area contributed by atoms with Crippen LogP contribution in [0.4, 0.5) is 5.69 Å². The van der Waals surface area contributed by atoms with Gasteiger partial charge in [0.15, 0.2) is 0 Å². The van der Waals surface area contributed by atoms with E-state index in [9.17, 15) is 4.79 Å². The molecule has 1 amide bonds. The molecule has 0 saturated heterocycles. The minimum atomic E-state index is -0.172. The van der Waals surface area contributed by atoms with Crippen molar-refractivity contribution in [3.63, 3.8) is 0 Å². The molecule has 4 nitrogen and oxygen atoms in total. The zero-order valence-electron chi connectivity index (χ0n) is 11.2. The number of pyridine rings is 1. The summed E-state index contributed by atoms with van der Waals surface area (Å²) in [5.74, 6) is 5.50. The van der Waals surface area contributed by atoms with E-state index in [1.807, 2.05) is 19.1 Å². The quantitative estimate of drug-likeness (QED) is 0.815. The third-order valence-electron chi connectivity index (χ3n) is 2.65. The van der Waals surface area contributed by atoms with E-state index in [4.69, 9.17) is 5.73 Å². The summed E-state index contributed by atoms with van der Waals surface area (Å²) < 4.78 is 0. The maximum absolute atomic E-state index is 12.0. The van der Waals surface area contributed by atoms with Gasteiger partial charge in [-0.1, -0.05) is 11.8 Å². The van der Waals surface area contributed by atoms with Crippen molar-refractivity contribution >= 4 is 11.6 Å². The molecule has 3 N–H and O–H groups in total. The van der Waals surface area contributed by atoms with E-state index in [0.29, 0.717) is 17.8 Å². The molecule has 0 unspecified atom stereocenters. The first-order valence-corrected chi connectivity index (χ1v) is 6.22. The summed E-state index contributed by atoms with van der Waals surface area (Å²) >= 11 is 0. The number of nitrogens with two attached hydrogens (primary N) is 1. The molecule has 0 radical (unpaired) electrons. The first-order valence-electron chi connectivity index (χ1n) is 6.22. The summed E-state index contributed by atoms with van der Waals surface area (Å²) in [5.41, 5.74) is 8.30. The molecule has 0 fully saturated rings. The lowest BCUT2D eigenvalue weighted by molar-refractivity contribution is 0.102. The van der Waals surface area contributed by atoms with E-state index in [1.54, 1.807) is 30.5 Å². The number of aryl methyl sites for hydroxylation is 1. The Labute approximate surface area is 118 Å². The molecule has 0 bridgehead atoms. The van der Waals surface area contributed by atoms with E-state index in [2.05, 4.69) is 22.1 Å². The van der Waals surface area contributed by atoms with Crippen molar-refractivity contribution in [2.45, 2.75) is 6.92 Å². The normalized spacial score (nSPS) is 9.50. The van der Waals surface area contributed by atoms with Crippen LogP contribution in [0.5, 0.6) is 0 Å². The molecule has 1 heterocycles. The Morgan fingerprint density at radius 1 is 1.25 bits per heavy atom. The molecule has 20 heavy (non-hydrogen) atoms. The highest BCUT2D eigenvalue weighted by atomic mass is 16.1. The number of carbonyl (C=O) groups is 1. The molecule has 0 aliphatic carbocycles. The van der Waals surface area contributed by atoms with Gasteiger partial charge in [-0.2, -0.15) is 0 Å². The number of rotatable bonds is 2. The minimum absolute atomic E-state index is 0.172. The lowest BCUT2D eigenvalue weighted by atomic mass is 10.1. The molecule has 2 aromatic rings. The Balaban J connectivity index is 2.07. The van der Waals surface area contributed by atoms with Crippen LogP contribution in [0.3, 0.4) is 0 Å². The summed E-state index contributed by atoms with van der Waals surface area (Å²) in [6.45, 7) is 2.22. The zero-order valence-corrected chi connectivity index (χ0v) is 11.2. The second kappa shape index (κ2) is 6.50. The maximum Gasteiger partial charge on any atom is 0.255 e. The molecule has 4 heteroatoms. The Morgan fingerprint density at radius 2 is 2.00 bits per heavy atom. The van der Waals surface area contributed by atoms with Gasteiger partial charge >= 0.3 is 0 Å². The first-order chi connectivity index (χ1) is 9.69. The summed E-state index contributed by atoms with van der Waals surface area (Å²) in [6, 6.07) is 10.7. The number of benzene rings is 1. The Hall–Kier alpha value is -2.64. The van der Waals surface area contributed by atoms with Gasteiger partial charge in [0, 0.05) is 16.8 Å². The number of hydrogen-bond donors (Lipinski definition) is 2. The fourth-order valence-electron chi connectivity index (χ4n) is 1.60. The number of anilines is 1. The van der Waals surface area contributed by atoms with Crippen LogP contribution in [-0.4, -0.2) is 17.4 Å². The highest BCUT2D eigenvalue weighted by molar-refractivity contribution is 6.04. The van der Waals surface area contributed by atoms with E-state index in [-0.39, 0.29) is 5.91 Å². The van der Waals surface area contributed by atoms with Gasteiger partial charge in [-0.15, -0.1) is 0 Å². The molecular formula is C16H15N3O. The number of nitrogens with one attached hydrogen (secondary N) is 1. The minimum Gasteiger partial charge on any atom is -0.321 e. The van der Waals surface area contributed by atoms with Gasteiger partial charge in [0.1, 0.15) is 0 Å². The average Bonchev–Trinajstić information content (AvgIpc) is 2.48. The molecule has 100 valence electrons. The molecule has 0 aliphatic heterocycles. The summed E-state index contributed by atoms with van der Waals surface area (Å²) in [7, 11) is 0. The SMILES string of the molecule is Cc1ccc(NC(=O)c2ccc(C#CCN)cc2)cn1. The topological polar surface area (TPSA) is 68.0 Å². The van der Waals surface area contributed by atoms with Gasteiger partial charge in [-0.05, 0) is 43.3 Å². The molecule has 0 spiro atoms. The van der Waals surface area contributed by atoms with Crippen LogP contribution < -0.4 is 11.1 Å². The van der Waals surface area contributed by atoms with Crippen LogP contribution in [0.25, 0.3) is 0 Å². The molecule has 0 saturated carbocycles. The van der Waals surface area contributed by atoms with Crippen molar-refractivity contribution in [2.75, 3.05) is 11.9 Å². The maximum atomic E-state index is 12.0. The van der Waals surface area contributed by atoms with Gasteiger partial charge in [-0.25, -0.2) is 0 Å². The third-order valence-corrected chi connectivity index (χ3v) is 2.65. The number of amides is 1. The molecule has 0 atom stereocenters. The van der Waals surface area contributed by atoms with Gasteiger partial charge in [0.05, 0.1) is 18.4 Å². The molecule has 0 aliphatic rings. The molecule has 2 rings (SSSR count). The van der Waals surface area contributed by atoms with Gasteiger partial charge in [0.2, 0.25) is 0 Å². The van der Waals surface area contributed by atoms with Gasteiger partial charge in [-0.3, -0.25) is 9.78 Å². The highest BCUT2D eigenvalue weighted by Gasteiger charge is 2.05. The fraction of sp³-hybridized carbons (Fsp3) is 0.125. The Morgan fingerprint density at radius 3 is 2.60 bits per heavy atom. The first kappa shape index (κ1) is 13.8. The number of carbonyl (C=O) groups excluding carboxylic acids is 1. The Kier molecular flexibility index (Phi) is 4.48. The van der Waals surface area contributed by atoms with Crippen LogP contribution in [0.2, 0.25) is 0 Å². The molecule has 1 aromatic carbocycles. The van der Waals surface area contributed by atoms with Crippen molar-refractivity contribution < 1.29 is 4.79 Å². The standard InChI is InChI=1S/C16H15N3O/c1-12-4-9-15(11-18-12)19-16(20)14-7-5-13(6-8-14)3-2-10-17/h4-9,11H,10,17H2,1H3,(H,19,20). The van der Waals surface area contributed by atoms with Crippen LogP contribution in [-0.2, 0) is 0 Å². The second-order valence-corrected chi connectivity index (χ2v) is 4.23. The molecular weight excluding hydrogens is 250 g/mol. The van der Waals surface area contributed by atoms with Crippen LogP contribution in [0, 0.1) is 18.8 Å². The van der Waals surface area contributed by atoms with Gasteiger partial charge < -0.3 is 11.1 Å². The van der Waals surface area contributed by atoms with Gasteiger partial charge in [0.25, 0.3) is 5.91 Å². The smallest absolute Gasteiger partial charge is 0.255 e. The van der Waals surface area contributed by atoms with E-state index in [1.165, 1.54) is 0 Å². The Bertz CT molecular complexity index is 649. The van der Waals surface area contributed by atoms with Crippen molar-refractivity contribution in [3.8, 4) is 11.8 Å². The van der Waals surface area contributed by atoms with Crippen molar-refractivity contribution in [2.24, 2.45) is 5.73 Å². The van der Waals surface area contributed by atoms with Crippen LogP contribution >= 0.6 is 0 Å². The lowest BCUT2D eigenvalue weighted by Gasteiger charge is -2.05. The van der Waals surface area contributed by atoms with E-state index >= 15 is 0 Å². The monoisotopic (exact) mass is 265 g/mol. The van der Waals surface area contributed by atoms with Crippen molar-refractivity contribution in [3.05, 3.63) is 59.4 Å². The van der Waals surface area contributed by atoms with E-state index < -0.39 is 0 Å². The van der Waals surface area contributed by atoms with Crippen LogP contribution in [0.1, 0.15) is 21.6 Å². The number of nitrogens with zero attached hydrogens (tertiary/aromatic N) is 1. The fourth-order valence-corrected chi connectivity index (χ4v) is 1.60. The summed E-state index contributed by atoms with van der Waals surface area (Å²) in [4.78, 5) is 16.2. The second-order valence-electron chi connectivity index (χ2n) is 4.23. The zero-order chi connectivity index (χ0) is 14.4. The summed E-state index contributed by atoms with van der Waals surface area (Å²) in [5, 5.41) is 2.79. The van der Waals surface area contributed by atoms with E-state index in [0.717, 1.165) is 11.3 Å². The average molecular weight is 265 g/mol. The van der Waals surface area contributed by atoms with Crippen molar-refractivity contribution in [1.29, 1.82) is 0 Å². The van der Waals surface area contributed by atoms with Crippen LogP contribution in [0.15, 0.2) is 42.6 Å². The largest absolute Gasteiger partial charge is 0.321 e.